The standard InChI is InChI=1S/C17H14Cl3NO3/c1-10(22)14-6-12(18)4-5-16(14)24-9-17(23)21-8-11-2-3-13(19)7-15(11)20/h2-7H,8-9H2,1H3,(H,21,23). The fourth-order valence-electron chi connectivity index (χ4n) is 1.96. The highest BCUT2D eigenvalue weighted by Crippen LogP contribution is 2.23. The zero-order valence-corrected chi connectivity index (χ0v) is 15.0. The summed E-state index contributed by atoms with van der Waals surface area (Å²) in [7, 11) is 0. The van der Waals surface area contributed by atoms with Crippen LogP contribution < -0.4 is 10.1 Å². The number of amides is 1. The molecule has 0 aromatic heterocycles. The molecule has 0 saturated carbocycles. The molecule has 2 aromatic rings. The average molecular weight is 387 g/mol. The number of ether oxygens (including phenoxy) is 1. The van der Waals surface area contributed by atoms with Crippen LogP contribution in [0.1, 0.15) is 22.8 Å². The molecule has 24 heavy (non-hydrogen) atoms. The van der Waals surface area contributed by atoms with Crippen molar-refractivity contribution in [2.45, 2.75) is 13.5 Å². The number of hydrogen-bond donors (Lipinski definition) is 1. The Morgan fingerprint density at radius 3 is 2.38 bits per heavy atom. The number of carbonyl (C=O) groups is 2. The van der Waals surface area contributed by atoms with Crippen LogP contribution in [0.25, 0.3) is 0 Å². The molecule has 126 valence electrons. The van der Waals surface area contributed by atoms with Gasteiger partial charge in [-0.2, -0.15) is 0 Å². The Labute approximate surface area is 154 Å². The zero-order valence-electron chi connectivity index (χ0n) is 12.7. The summed E-state index contributed by atoms with van der Waals surface area (Å²) in [5.74, 6) is -0.224. The van der Waals surface area contributed by atoms with E-state index in [0.717, 1.165) is 5.56 Å². The quantitative estimate of drug-likeness (QED) is 0.741. The first-order valence-corrected chi connectivity index (χ1v) is 8.14. The van der Waals surface area contributed by atoms with Gasteiger partial charge < -0.3 is 10.1 Å². The lowest BCUT2D eigenvalue weighted by Gasteiger charge is -2.11. The molecule has 4 nitrogen and oxygen atoms in total. The lowest BCUT2D eigenvalue weighted by molar-refractivity contribution is -0.123. The predicted octanol–water partition coefficient (Wildman–Crippen LogP) is 4.54. The molecule has 0 unspecified atom stereocenters. The van der Waals surface area contributed by atoms with Gasteiger partial charge in [0, 0.05) is 21.6 Å². The minimum atomic E-state index is -0.342. The number of ketones is 1. The Bertz CT molecular complexity index is 778. The third kappa shape index (κ3) is 5.13. The Hall–Kier alpha value is -1.75. The Morgan fingerprint density at radius 1 is 1.04 bits per heavy atom. The van der Waals surface area contributed by atoms with Crippen molar-refractivity contribution in [1.82, 2.24) is 5.32 Å². The summed E-state index contributed by atoms with van der Waals surface area (Å²) >= 11 is 17.7. The molecule has 2 rings (SSSR count). The van der Waals surface area contributed by atoms with E-state index in [0.29, 0.717) is 26.4 Å². The SMILES string of the molecule is CC(=O)c1cc(Cl)ccc1OCC(=O)NCc1ccc(Cl)cc1Cl. The maximum absolute atomic E-state index is 11.9. The smallest absolute Gasteiger partial charge is 0.258 e. The molecule has 1 N–H and O–H groups in total. The number of benzene rings is 2. The molecule has 0 saturated heterocycles. The topological polar surface area (TPSA) is 55.4 Å². The lowest BCUT2D eigenvalue weighted by atomic mass is 10.1. The van der Waals surface area contributed by atoms with E-state index in [4.69, 9.17) is 39.5 Å². The van der Waals surface area contributed by atoms with Crippen LogP contribution in [0, 0.1) is 0 Å². The molecular weight excluding hydrogens is 373 g/mol. The third-order valence-corrected chi connectivity index (χ3v) is 3.99. The number of hydrogen-bond acceptors (Lipinski definition) is 3. The molecule has 0 aliphatic rings. The second-order valence-electron chi connectivity index (χ2n) is 5.00. The van der Waals surface area contributed by atoms with Crippen LogP contribution in [0.3, 0.4) is 0 Å². The van der Waals surface area contributed by atoms with Crippen LogP contribution in [-0.2, 0) is 11.3 Å². The van der Waals surface area contributed by atoms with Gasteiger partial charge in [-0.25, -0.2) is 0 Å². The van der Waals surface area contributed by atoms with E-state index in [1.54, 1.807) is 30.3 Å². The van der Waals surface area contributed by atoms with Gasteiger partial charge >= 0.3 is 0 Å². The molecule has 0 aliphatic carbocycles. The Kier molecular flexibility index (Phi) is 6.49. The van der Waals surface area contributed by atoms with Gasteiger partial charge in [-0.1, -0.05) is 40.9 Å². The molecule has 0 bridgehead atoms. The highest BCUT2D eigenvalue weighted by molar-refractivity contribution is 6.35. The normalized spacial score (nSPS) is 10.3. The van der Waals surface area contributed by atoms with Gasteiger partial charge in [0.1, 0.15) is 5.75 Å². The van der Waals surface area contributed by atoms with Crippen LogP contribution in [0.2, 0.25) is 15.1 Å². The first-order chi connectivity index (χ1) is 11.4. The largest absolute Gasteiger partial charge is 0.483 e. The van der Waals surface area contributed by atoms with E-state index >= 15 is 0 Å². The van der Waals surface area contributed by atoms with E-state index in [9.17, 15) is 9.59 Å². The summed E-state index contributed by atoms with van der Waals surface area (Å²) < 4.78 is 5.41. The minimum absolute atomic E-state index is 0.194. The highest BCUT2D eigenvalue weighted by Gasteiger charge is 2.11. The van der Waals surface area contributed by atoms with Crippen LogP contribution in [0.5, 0.6) is 5.75 Å². The maximum Gasteiger partial charge on any atom is 0.258 e. The van der Waals surface area contributed by atoms with E-state index in [1.165, 1.54) is 13.0 Å². The summed E-state index contributed by atoms with van der Waals surface area (Å²) in [6.07, 6.45) is 0. The predicted molar refractivity (Wildman–Crippen MR) is 95.3 cm³/mol. The number of halogens is 3. The van der Waals surface area contributed by atoms with Crippen LogP contribution in [-0.4, -0.2) is 18.3 Å². The first-order valence-electron chi connectivity index (χ1n) is 7.00. The van der Waals surface area contributed by atoms with Crippen LogP contribution >= 0.6 is 34.8 Å². The Balaban J connectivity index is 1.93. The number of nitrogens with one attached hydrogen (secondary N) is 1. The summed E-state index contributed by atoms with van der Waals surface area (Å²) in [5.41, 5.74) is 1.07. The minimum Gasteiger partial charge on any atom is -0.483 e. The van der Waals surface area contributed by atoms with E-state index in [1.807, 2.05) is 0 Å². The molecule has 0 radical (unpaired) electrons. The summed E-state index contributed by atoms with van der Waals surface area (Å²) in [4.78, 5) is 23.5. The van der Waals surface area contributed by atoms with Gasteiger partial charge in [0.25, 0.3) is 5.91 Å². The van der Waals surface area contributed by atoms with E-state index < -0.39 is 0 Å². The number of rotatable bonds is 6. The zero-order chi connectivity index (χ0) is 17.7. The van der Waals surface area contributed by atoms with Crippen molar-refractivity contribution in [1.29, 1.82) is 0 Å². The van der Waals surface area contributed by atoms with Crippen molar-refractivity contribution in [2.24, 2.45) is 0 Å². The molecule has 0 spiro atoms. The highest BCUT2D eigenvalue weighted by atomic mass is 35.5. The summed E-state index contributed by atoms with van der Waals surface area (Å²) in [6, 6.07) is 9.69. The number of Topliss-reactive ketones (excluding diaryl/α,β-unsaturated/α-hetero) is 1. The average Bonchev–Trinajstić information content (AvgIpc) is 2.52. The molecule has 0 atom stereocenters. The molecule has 7 heteroatoms. The second kappa shape index (κ2) is 8.38. The molecular formula is C17H14Cl3NO3. The van der Waals surface area contributed by atoms with E-state index in [-0.39, 0.29) is 24.8 Å². The van der Waals surface area contributed by atoms with Crippen molar-refractivity contribution in [3.63, 3.8) is 0 Å². The van der Waals surface area contributed by atoms with Gasteiger partial charge in [-0.15, -0.1) is 0 Å². The molecule has 0 fully saturated rings. The maximum atomic E-state index is 11.9. The summed E-state index contributed by atoms with van der Waals surface area (Å²) in [5, 5.41) is 4.11. The van der Waals surface area contributed by atoms with Gasteiger partial charge in [0.05, 0.1) is 5.56 Å². The van der Waals surface area contributed by atoms with Crippen molar-refractivity contribution in [2.75, 3.05) is 6.61 Å². The molecule has 0 aliphatic heterocycles. The first kappa shape index (κ1) is 18.6. The summed E-state index contributed by atoms with van der Waals surface area (Å²) in [6.45, 7) is 1.42. The molecule has 0 heterocycles. The van der Waals surface area contributed by atoms with Crippen molar-refractivity contribution in [3.05, 3.63) is 62.6 Å². The van der Waals surface area contributed by atoms with Crippen LogP contribution in [0.4, 0.5) is 0 Å². The van der Waals surface area contributed by atoms with Crippen molar-refractivity contribution in [3.8, 4) is 5.75 Å². The monoisotopic (exact) mass is 385 g/mol. The Morgan fingerprint density at radius 2 is 1.71 bits per heavy atom. The third-order valence-electron chi connectivity index (χ3n) is 3.17. The molecule has 1 amide bonds. The molecule has 2 aromatic carbocycles. The lowest BCUT2D eigenvalue weighted by Crippen LogP contribution is -2.28. The fraction of sp³-hybridized carbons (Fsp3) is 0.176. The van der Waals surface area contributed by atoms with Crippen LogP contribution in [0.15, 0.2) is 36.4 Å². The van der Waals surface area contributed by atoms with Crippen molar-refractivity contribution >= 4 is 46.5 Å². The van der Waals surface area contributed by atoms with Gasteiger partial charge in [-0.3, -0.25) is 9.59 Å². The van der Waals surface area contributed by atoms with Gasteiger partial charge in [0.2, 0.25) is 0 Å². The van der Waals surface area contributed by atoms with Gasteiger partial charge in [-0.05, 0) is 42.8 Å². The van der Waals surface area contributed by atoms with E-state index in [2.05, 4.69) is 5.32 Å². The number of carbonyl (C=O) groups excluding carboxylic acids is 2. The van der Waals surface area contributed by atoms with Gasteiger partial charge in [0.15, 0.2) is 12.4 Å². The second-order valence-corrected chi connectivity index (χ2v) is 6.28. The van der Waals surface area contributed by atoms with Crippen molar-refractivity contribution < 1.29 is 14.3 Å². The fourth-order valence-corrected chi connectivity index (χ4v) is 2.60.